The molecule has 1 atom stereocenters. The largest absolute Gasteiger partial charge is 0.495 e. The van der Waals surface area contributed by atoms with Gasteiger partial charge in [0.1, 0.15) is 5.75 Å². The summed E-state index contributed by atoms with van der Waals surface area (Å²) < 4.78 is 5.34. The second kappa shape index (κ2) is 9.42. The number of anilines is 2. The number of nitrogens with one attached hydrogen (secondary N) is 3. The molecule has 0 radical (unpaired) electrons. The van der Waals surface area contributed by atoms with Gasteiger partial charge >= 0.3 is 0 Å². The fourth-order valence-electron chi connectivity index (χ4n) is 3.15. The number of carbonyl (C=O) groups excluding carboxylic acids is 2. The van der Waals surface area contributed by atoms with Crippen molar-refractivity contribution >= 4 is 23.2 Å². The van der Waals surface area contributed by atoms with Crippen molar-refractivity contribution in [3.63, 3.8) is 0 Å². The average molecular weight is 347 g/mol. The van der Waals surface area contributed by atoms with E-state index < -0.39 is 0 Å². The van der Waals surface area contributed by atoms with Crippen LogP contribution in [0.25, 0.3) is 0 Å². The maximum Gasteiger partial charge on any atom is 0.228 e. The molecule has 1 aromatic carbocycles. The lowest BCUT2D eigenvalue weighted by atomic mass is 9.88. The van der Waals surface area contributed by atoms with Crippen molar-refractivity contribution in [2.75, 3.05) is 31.3 Å². The molecule has 1 unspecified atom stereocenters. The van der Waals surface area contributed by atoms with Crippen molar-refractivity contribution in [2.45, 2.75) is 39.0 Å². The molecule has 0 aromatic heterocycles. The number of methoxy groups -OCH3 is 1. The van der Waals surface area contributed by atoms with Crippen molar-refractivity contribution in [3.05, 3.63) is 18.2 Å². The third-order valence-corrected chi connectivity index (χ3v) is 4.66. The smallest absolute Gasteiger partial charge is 0.228 e. The molecule has 0 aliphatic heterocycles. The quantitative estimate of drug-likeness (QED) is 0.708. The summed E-state index contributed by atoms with van der Waals surface area (Å²) in [4.78, 5) is 24.7. The van der Waals surface area contributed by atoms with Crippen LogP contribution in [0.3, 0.4) is 0 Å². The molecule has 138 valence electrons. The van der Waals surface area contributed by atoms with E-state index in [1.807, 2.05) is 14.0 Å². The van der Waals surface area contributed by atoms with E-state index in [9.17, 15) is 9.59 Å². The van der Waals surface area contributed by atoms with Gasteiger partial charge in [0.15, 0.2) is 0 Å². The minimum atomic E-state index is -0.146. The lowest BCUT2D eigenvalue weighted by Gasteiger charge is -2.21. The zero-order valence-electron chi connectivity index (χ0n) is 15.4. The molecule has 1 aliphatic rings. The molecule has 0 bridgehead atoms. The molecule has 2 rings (SSSR count). The highest BCUT2D eigenvalue weighted by Crippen LogP contribution is 2.30. The Labute approximate surface area is 149 Å². The highest BCUT2D eigenvalue weighted by atomic mass is 16.5. The van der Waals surface area contributed by atoms with E-state index in [0.29, 0.717) is 23.7 Å². The van der Waals surface area contributed by atoms with Crippen molar-refractivity contribution in [3.8, 4) is 5.75 Å². The summed E-state index contributed by atoms with van der Waals surface area (Å²) >= 11 is 0. The molecule has 6 heteroatoms. The normalized spacial score (nSPS) is 16.1. The van der Waals surface area contributed by atoms with Gasteiger partial charge in [0.05, 0.1) is 12.8 Å². The van der Waals surface area contributed by atoms with Crippen LogP contribution in [0, 0.1) is 11.8 Å². The van der Waals surface area contributed by atoms with E-state index in [1.54, 1.807) is 25.3 Å². The Morgan fingerprint density at radius 1 is 1.20 bits per heavy atom. The summed E-state index contributed by atoms with van der Waals surface area (Å²) in [7, 11) is 3.38. The minimum Gasteiger partial charge on any atom is -0.495 e. The summed E-state index contributed by atoms with van der Waals surface area (Å²) in [6.45, 7) is 2.47. The van der Waals surface area contributed by atoms with Crippen LogP contribution < -0.4 is 20.7 Å². The van der Waals surface area contributed by atoms with E-state index in [4.69, 9.17) is 4.74 Å². The lowest BCUT2D eigenvalue weighted by Crippen LogP contribution is -2.28. The number of rotatable bonds is 7. The summed E-state index contributed by atoms with van der Waals surface area (Å²) in [6.07, 6.45) is 5.29. The van der Waals surface area contributed by atoms with E-state index in [-0.39, 0.29) is 23.7 Å². The van der Waals surface area contributed by atoms with Gasteiger partial charge in [-0.2, -0.15) is 0 Å². The van der Waals surface area contributed by atoms with Crippen molar-refractivity contribution in [1.82, 2.24) is 5.32 Å². The molecule has 1 aliphatic carbocycles. The second-order valence-corrected chi connectivity index (χ2v) is 6.69. The minimum absolute atomic E-state index is 0.0324. The zero-order valence-corrected chi connectivity index (χ0v) is 15.4. The molecule has 25 heavy (non-hydrogen) atoms. The molecule has 1 aromatic rings. The number of benzene rings is 1. The first-order valence-electron chi connectivity index (χ1n) is 8.99. The predicted octanol–water partition coefficient (Wildman–Crippen LogP) is 3.01. The van der Waals surface area contributed by atoms with Gasteiger partial charge < -0.3 is 20.7 Å². The summed E-state index contributed by atoms with van der Waals surface area (Å²) in [5.74, 6) is 0.472. The molecule has 0 heterocycles. The van der Waals surface area contributed by atoms with Gasteiger partial charge in [-0.05, 0) is 38.1 Å². The number of ether oxygens (including phenoxy) is 1. The van der Waals surface area contributed by atoms with Gasteiger partial charge in [0.25, 0.3) is 0 Å². The number of amides is 2. The first kappa shape index (κ1) is 19.2. The fourth-order valence-corrected chi connectivity index (χ4v) is 3.15. The molecule has 2 amide bonds. The summed E-state index contributed by atoms with van der Waals surface area (Å²) in [5.41, 5.74) is 1.24. The van der Waals surface area contributed by atoms with Gasteiger partial charge in [-0.3, -0.25) is 9.59 Å². The molecular formula is C19H29N3O3. The van der Waals surface area contributed by atoms with Crippen LogP contribution >= 0.6 is 0 Å². The third-order valence-electron chi connectivity index (χ3n) is 4.66. The van der Waals surface area contributed by atoms with Crippen LogP contribution in [0.2, 0.25) is 0 Å². The van der Waals surface area contributed by atoms with Gasteiger partial charge in [0.2, 0.25) is 11.8 Å². The topological polar surface area (TPSA) is 79.5 Å². The monoisotopic (exact) mass is 347 g/mol. The van der Waals surface area contributed by atoms with Crippen molar-refractivity contribution < 1.29 is 14.3 Å². The Kier molecular flexibility index (Phi) is 7.25. The lowest BCUT2D eigenvalue weighted by molar-refractivity contribution is -0.121. The first-order valence-corrected chi connectivity index (χ1v) is 8.99. The molecule has 1 fully saturated rings. The average Bonchev–Trinajstić information content (AvgIpc) is 2.63. The molecule has 0 saturated heterocycles. The zero-order chi connectivity index (χ0) is 18.2. The van der Waals surface area contributed by atoms with Crippen LogP contribution in [-0.2, 0) is 9.59 Å². The van der Waals surface area contributed by atoms with Gasteiger partial charge in [-0.15, -0.1) is 0 Å². The van der Waals surface area contributed by atoms with Crippen molar-refractivity contribution in [1.29, 1.82) is 0 Å². The Bertz CT molecular complexity index is 598. The van der Waals surface area contributed by atoms with Gasteiger partial charge in [-0.1, -0.05) is 26.2 Å². The Balaban J connectivity index is 2.08. The van der Waals surface area contributed by atoms with Crippen LogP contribution in [0.4, 0.5) is 11.4 Å². The second-order valence-electron chi connectivity index (χ2n) is 6.69. The Morgan fingerprint density at radius 2 is 1.92 bits per heavy atom. The highest BCUT2D eigenvalue weighted by Gasteiger charge is 2.22. The van der Waals surface area contributed by atoms with E-state index in [2.05, 4.69) is 16.0 Å². The van der Waals surface area contributed by atoms with Crippen LogP contribution in [-0.4, -0.2) is 32.5 Å². The van der Waals surface area contributed by atoms with Crippen LogP contribution in [0.5, 0.6) is 5.75 Å². The predicted molar refractivity (Wildman–Crippen MR) is 99.9 cm³/mol. The Hall–Kier alpha value is -2.08. The molecule has 1 saturated carbocycles. The Morgan fingerprint density at radius 3 is 2.56 bits per heavy atom. The van der Waals surface area contributed by atoms with Crippen LogP contribution in [0.15, 0.2) is 18.2 Å². The maximum absolute atomic E-state index is 12.5. The van der Waals surface area contributed by atoms with E-state index in [0.717, 1.165) is 25.7 Å². The highest BCUT2D eigenvalue weighted by molar-refractivity contribution is 5.97. The van der Waals surface area contributed by atoms with Gasteiger partial charge in [0, 0.05) is 24.1 Å². The fraction of sp³-hybridized carbons (Fsp3) is 0.579. The molecule has 3 N–H and O–H groups in total. The maximum atomic E-state index is 12.5. The summed E-state index contributed by atoms with van der Waals surface area (Å²) in [5, 5.41) is 8.85. The molecule has 0 spiro atoms. The van der Waals surface area contributed by atoms with Gasteiger partial charge in [-0.25, -0.2) is 0 Å². The SMILES string of the molecule is CNCC(C)C(=O)Nc1ccc(OC)c(NC(=O)C2CCCCC2)c1. The third kappa shape index (κ3) is 5.46. The molecular weight excluding hydrogens is 318 g/mol. The van der Waals surface area contributed by atoms with E-state index >= 15 is 0 Å². The van der Waals surface area contributed by atoms with Crippen LogP contribution in [0.1, 0.15) is 39.0 Å². The van der Waals surface area contributed by atoms with E-state index in [1.165, 1.54) is 6.42 Å². The summed E-state index contributed by atoms with van der Waals surface area (Å²) in [6, 6.07) is 5.29. The van der Waals surface area contributed by atoms with Crippen molar-refractivity contribution in [2.24, 2.45) is 11.8 Å². The number of carbonyl (C=O) groups is 2. The number of hydrogen-bond donors (Lipinski definition) is 3. The first-order chi connectivity index (χ1) is 12.0. The number of hydrogen-bond acceptors (Lipinski definition) is 4. The molecule has 6 nitrogen and oxygen atoms in total. The standard InChI is InChI=1S/C19H29N3O3/c1-13(12-20-2)18(23)21-15-9-10-17(25-3)16(11-15)22-19(24)14-7-5-4-6-8-14/h9-11,13-14,20H,4-8,12H2,1-3H3,(H,21,23)(H,22,24).